The number of hydrogen-bond donors (Lipinski definition) is 1. The van der Waals surface area contributed by atoms with Gasteiger partial charge in [0.25, 0.3) is 0 Å². The van der Waals surface area contributed by atoms with Crippen LogP contribution in [0.2, 0.25) is 0 Å². The van der Waals surface area contributed by atoms with Gasteiger partial charge in [-0.3, -0.25) is 4.68 Å². The number of aryl methyl sites for hydroxylation is 2. The molecular formula is C14H21F3N4O. The molecule has 1 N–H and O–H groups in total. The molecule has 2 amide bonds. The lowest BCUT2D eigenvalue weighted by Crippen LogP contribution is -2.46. The van der Waals surface area contributed by atoms with Crippen molar-refractivity contribution in [3.05, 3.63) is 18.0 Å². The molecule has 2 rings (SSSR count). The molecule has 8 heteroatoms. The van der Waals surface area contributed by atoms with Crippen LogP contribution in [0.25, 0.3) is 0 Å². The summed E-state index contributed by atoms with van der Waals surface area (Å²) >= 11 is 0. The zero-order chi connectivity index (χ0) is 16.2. The Morgan fingerprint density at radius 2 is 2.09 bits per heavy atom. The summed E-state index contributed by atoms with van der Waals surface area (Å²) in [5, 5.41) is 6.82. The molecule has 0 unspecified atom stereocenters. The lowest BCUT2D eigenvalue weighted by Gasteiger charge is -2.32. The van der Waals surface area contributed by atoms with Gasteiger partial charge >= 0.3 is 12.2 Å². The second-order valence-corrected chi connectivity index (χ2v) is 5.66. The minimum absolute atomic E-state index is 0.00734. The van der Waals surface area contributed by atoms with E-state index in [0.29, 0.717) is 6.54 Å². The van der Waals surface area contributed by atoms with E-state index in [-0.39, 0.29) is 32.0 Å². The second-order valence-electron chi connectivity index (χ2n) is 5.66. The Hall–Kier alpha value is -1.73. The van der Waals surface area contributed by atoms with Crippen LogP contribution >= 0.6 is 0 Å². The number of carbonyl (C=O) groups is 1. The van der Waals surface area contributed by atoms with Gasteiger partial charge < -0.3 is 10.2 Å². The topological polar surface area (TPSA) is 50.2 Å². The number of alkyl halides is 3. The smallest absolute Gasteiger partial charge is 0.338 e. The lowest BCUT2D eigenvalue weighted by atomic mass is 9.96. The Kier molecular flexibility index (Phi) is 5.31. The van der Waals surface area contributed by atoms with Crippen LogP contribution in [0.15, 0.2) is 12.4 Å². The fraction of sp³-hybridized carbons (Fsp3) is 0.714. The van der Waals surface area contributed by atoms with Gasteiger partial charge in [-0.25, -0.2) is 4.79 Å². The van der Waals surface area contributed by atoms with Crippen LogP contribution in [-0.2, 0) is 13.5 Å². The molecule has 22 heavy (non-hydrogen) atoms. The molecule has 0 aliphatic carbocycles. The predicted octanol–water partition coefficient (Wildman–Crippen LogP) is 2.34. The normalized spacial score (nSPS) is 16.8. The van der Waals surface area contributed by atoms with E-state index in [9.17, 15) is 18.0 Å². The van der Waals surface area contributed by atoms with E-state index >= 15 is 0 Å². The average molecular weight is 318 g/mol. The first-order chi connectivity index (χ1) is 10.4. The van der Waals surface area contributed by atoms with E-state index in [2.05, 4.69) is 10.4 Å². The molecule has 124 valence electrons. The van der Waals surface area contributed by atoms with Gasteiger partial charge in [0.15, 0.2) is 0 Å². The van der Waals surface area contributed by atoms with Crippen LogP contribution in [0.1, 0.15) is 24.8 Å². The molecule has 1 fully saturated rings. The van der Waals surface area contributed by atoms with Crippen LogP contribution in [-0.4, -0.2) is 46.5 Å². The standard InChI is InChI=1S/C14H21F3N4O/c1-20-10-11(9-19-20)3-2-6-18-13(22)21-7-4-12(5-8-21)14(15,16)17/h9-10,12H,2-8H2,1H3,(H,18,22). The van der Waals surface area contributed by atoms with E-state index in [1.165, 1.54) is 4.90 Å². The second kappa shape index (κ2) is 7.02. The first kappa shape index (κ1) is 16.6. The number of amides is 2. The highest BCUT2D eigenvalue weighted by molar-refractivity contribution is 5.74. The molecule has 0 bridgehead atoms. The van der Waals surface area contributed by atoms with Crippen LogP contribution in [0.3, 0.4) is 0 Å². The van der Waals surface area contributed by atoms with Crippen molar-refractivity contribution >= 4 is 6.03 Å². The monoisotopic (exact) mass is 318 g/mol. The highest BCUT2D eigenvalue weighted by Crippen LogP contribution is 2.33. The summed E-state index contributed by atoms with van der Waals surface area (Å²) in [7, 11) is 1.84. The number of rotatable bonds is 4. The third-order valence-electron chi connectivity index (χ3n) is 3.92. The van der Waals surface area contributed by atoms with Gasteiger partial charge in [0.2, 0.25) is 0 Å². The number of urea groups is 1. The lowest BCUT2D eigenvalue weighted by molar-refractivity contribution is -0.183. The minimum Gasteiger partial charge on any atom is -0.338 e. The SMILES string of the molecule is Cn1cc(CCCNC(=O)N2CCC(C(F)(F)F)CC2)cn1. The molecule has 1 aliphatic heterocycles. The molecule has 1 aromatic rings. The molecule has 2 heterocycles. The molecule has 5 nitrogen and oxygen atoms in total. The van der Waals surface area contributed by atoms with E-state index < -0.39 is 12.1 Å². The first-order valence-corrected chi connectivity index (χ1v) is 7.43. The Morgan fingerprint density at radius 1 is 1.41 bits per heavy atom. The zero-order valence-corrected chi connectivity index (χ0v) is 12.6. The molecule has 1 saturated heterocycles. The van der Waals surface area contributed by atoms with Crippen molar-refractivity contribution < 1.29 is 18.0 Å². The minimum atomic E-state index is -4.15. The van der Waals surface area contributed by atoms with Crippen LogP contribution in [0.5, 0.6) is 0 Å². The largest absolute Gasteiger partial charge is 0.391 e. The van der Waals surface area contributed by atoms with Crippen LogP contribution < -0.4 is 5.32 Å². The van der Waals surface area contributed by atoms with Gasteiger partial charge in [-0.2, -0.15) is 18.3 Å². The summed E-state index contributed by atoms with van der Waals surface area (Å²) in [6, 6.07) is -0.271. The summed E-state index contributed by atoms with van der Waals surface area (Å²) in [6.07, 6.45) is 1.12. The Labute approximate surface area is 127 Å². The number of aromatic nitrogens is 2. The number of piperidine rings is 1. The summed E-state index contributed by atoms with van der Waals surface area (Å²) in [5.74, 6) is -1.28. The van der Waals surface area contributed by atoms with E-state index in [1.54, 1.807) is 10.9 Å². The van der Waals surface area contributed by atoms with Gasteiger partial charge in [-0.15, -0.1) is 0 Å². The molecule has 0 radical (unpaired) electrons. The average Bonchev–Trinajstić information content (AvgIpc) is 2.88. The molecular weight excluding hydrogens is 297 g/mol. The fourth-order valence-electron chi connectivity index (χ4n) is 2.61. The third-order valence-corrected chi connectivity index (χ3v) is 3.92. The first-order valence-electron chi connectivity index (χ1n) is 7.43. The number of carbonyl (C=O) groups excluding carboxylic acids is 1. The van der Waals surface area contributed by atoms with E-state index in [4.69, 9.17) is 0 Å². The van der Waals surface area contributed by atoms with Crippen molar-refractivity contribution in [2.75, 3.05) is 19.6 Å². The molecule has 0 saturated carbocycles. The van der Waals surface area contributed by atoms with Crippen molar-refractivity contribution in [3.63, 3.8) is 0 Å². The number of nitrogens with one attached hydrogen (secondary N) is 1. The molecule has 1 aliphatic rings. The van der Waals surface area contributed by atoms with Crippen molar-refractivity contribution in [2.24, 2.45) is 13.0 Å². The van der Waals surface area contributed by atoms with E-state index in [1.807, 2.05) is 13.2 Å². The van der Waals surface area contributed by atoms with Gasteiger partial charge in [0.1, 0.15) is 0 Å². The third kappa shape index (κ3) is 4.64. The zero-order valence-electron chi connectivity index (χ0n) is 12.6. The summed E-state index contributed by atoms with van der Waals surface area (Å²) in [4.78, 5) is 13.4. The fourth-order valence-corrected chi connectivity index (χ4v) is 2.61. The quantitative estimate of drug-likeness (QED) is 0.866. The maximum absolute atomic E-state index is 12.6. The Bertz CT molecular complexity index is 493. The van der Waals surface area contributed by atoms with Gasteiger partial charge in [0, 0.05) is 32.9 Å². The van der Waals surface area contributed by atoms with Gasteiger partial charge in [0.05, 0.1) is 12.1 Å². The van der Waals surface area contributed by atoms with Crippen molar-refractivity contribution in [2.45, 2.75) is 31.9 Å². The molecule has 0 atom stereocenters. The molecule has 0 spiro atoms. The van der Waals surface area contributed by atoms with Crippen LogP contribution in [0.4, 0.5) is 18.0 Å². The number of likely N-dealkylation sites (tertiary alicyclic amines) is 1. The number of nitrogens with zero attached hydrogens (tertiary/aromatic N) is 3. The highest BCUT2D eigenvalue weighted by Gasteiger charge is 2.41. The summed E-state index contributed by atoms with van der Waals surface area (Å²) in [5.41, 5.74) is 1.10. The van der Waals surface area contributed by atoms with Gasteiger partial charge in [-0.05, 0) is 31.2 Å². The van der Waals surface area contributed by atoms with Crippen molar-refractivity contribution in [1.82, 2.24) is 20.0 Å². The number of halogens is 3. The Morgan fingerprint density at radius 3 is 2.64 bits per heavy atom. The molecule has 0 aromatic carbocycles. The van der Waals surface area contributed by atoms with Gasteiger partial charge in [-0.1, -0.05) is 0 Å². The maximum Gasteiger partial charge on any atom is 0.391 e. The summed E-state index contributed by atoms with van der Waals surface area (Å²) in [6.45, 7) is 0.837. The highest BCUT2D eigenvalue weighted by atomic mass is 19.4. The van der Waals surface area contributed by atoms with Crippen molar-refractivity contribution in [3.8, 4) is 0 Å². The number of hydrogen-bond acceptors (Lipinski definition) is 2. The van der Waals surface area contributed by atoms with Crippen molar-refractivity contribution in [1.29, 1.82) is 0 Å². The molecule has 1 aromatic heterocycles. The van der Waals surface area contributed by atoms with Crippen LogP contribution in [0, 0.1) is 5.92 Å². The summed E-state index contributed by atoms with van der Waals surface area (Å²) < 4.78 is 39.4. The van der Waals surface area contributed by atoms with E-state index in [0.717, 1.165) is 18.4 Å². The maximum atomic E-state index is 12.6. The predicted molar refractivity (Wildman–Crippen MR) is 75.3 cm³/mol. The Balaban J connectivity index is 1.64.